The minimum Gasteiger partial charge on any atom is -0.287 e. The monoisotopic (exact) mass is 388 g/mol. The van der Waals surface area contributed by atoms with Gasteiger partial charge in [-0.2, -0.15) is 10.2 Å². The van der Waals surface area contributed by atoms with Gasteiger partial charge in [0.1, 0.15) is 17.8 Å². The van der Waals surface area contributed by atoms with Crippen LogP contribution in [0.15, 0.2) is 105 Å². The molecule has 0 bridgehead atoms. The van der Waals surface area contributed by atoms with Crippen molar-refractivity contribution in [1.82, 2.24) is 0 Å². The summed E-state index contributed by atoms with van der Waals surface area (Å²) < 4.78 is 0. The largest absolute Gasteiger partial charge is 0.287 e. The van der Waals surface area contributed by atoms with E-state index in [9.17, 15) is 4.79 Å². The number of benzene rings is 3. The summed E-state index contributed by atoms with van der Waals surface area (Å²) in [5.74, 6) is -0.0704. The Labute approximate surface area is 173 Å². The Hall–Kier alpha value is -3.99. The Morgan fingerprint density at radius 3 is 1.57 bits per heavy atom. The summed E-state index contributed by atoms with van der Waals surface area (Å²) in [5.41, 5.74) is 6.00. The molecule has 30 heavy (non-hydrogen) atoms. The number of hydrogen-bond donors (Lipinski definition) is 0. The molecule has 5 nitrogen and oxygen atoms in total. The minimum atomic E-state index is -0.392. The van der Waals surface area contributed by atoms with Gasteiger partial charge >= 0.3 is 0 Å². The SMILES string of the molecule is O=C1C2=N[C@H]3C(c4ccccc4)=NN=C(c4ccccc4)[C@H]3N=C2c2ccccc21. The average molecular weight is 388 g/mol. The fourth-order valence-corrected chi connectivity index (χ4v) is 4.24. The summed E-state index contributed by atoms with van der Waals surface area (Å²) in [5, 5.41) is 9.12. The summed E-state index contributed by atoms with van der Waals surface area (Å²) in [7, 11) is 0. The average Bonchev–Trinajstić information content (AvgIpc) is 3.10. The molecule has 0 spiro atoms. The molecule has 0 N–H and O–H groups in total. The normalized spacial score (nSPS) is 21.5. The summed E-state index contributed by atoms with van der Waals surface area (Å²) >= 11 is 0. The smallest absolute Gasteiger partial charge is 0.213 e. The lowest BCUT2D eigenvalue weighted by Crippen LogP contribution is -2.45. The fourth-order valence-electron chi connectivity index (χ4n) is 4.24. The van der Waals surface area contributed by atoms with Crippen LogP contribution in [0.3, 0.4) is 0 Å². The number of ketones is 1. The summed E-state index contributed by atoms with van der Waals surface area (Å²) in [6.45, 7) is 0. The Balaban J connectivity index is 1.56. The molecule has 5 heteroatoms. The van der Waals surface area contributed by atoms with Crippen LogP contribution < -0.4 is 0 Å². The Kier molecular flexibility index (Phi) is 3.68. The summed E-state index contributed by atoms with van der Waals surface area (Å²) in [6, 6.07) is 26.6. The molecular weight excluding hydrogens is 372 g/mol. The van der Waals surface area contributed by atoms with Crippen LogP contribution in [0.4, 0.5) is 0 Å². The first-order valence-corrected chi connectivity index (χ1v) is 9.87. The van der Waals surface area contributed by atoms with Crippen molar-refractivity contribution in [2.24, 2.45) is 20.2 Å². The number of carbonyl (C=O) groups excluding carboxylic acids is 1. The van der Waals surface area contributed by atoms with E-state index in [1.165, 1.54) is 0 Å². The van der Waals surface area contributed by atoms with Crippen LogP contribution in [0.25, 0.3) is 0 Å². The highest BCUT2D eigenvalue weighted by Gasteiger charge is 2.43. The lowest BCUT2D eigenvalue weighted by atomic mass is 9.89. The van der Waals surface area contributed by atoms with Crippen molar-refractivity contribution in [2.75, 3.05) is 0 Å². The maximum Gasteiger partial charge on any atom is 0.213 e. The second-order valence-electron chi connectivity index (χ2n) is 7.42. The topological polar surface area (TPSA) is 66.5 Å². The van der Waals surface area contributed by atoms with E-state index in [2.05, 4.69) is 10.2 Å². The van der Waals surface area contributed by atoms with Gasteiger partial charge in [0.25, 0.3) is 0 Å². The lowest BCUT2D eigenvalue weighted by molar-refractivity contribution is 0.106. The maximum atomic E-state index is 13.0. The maximum absolute atomic E-state index is 13.0. The molecule has 0 radical (unpaired) electrons. The van der Waals surface area contributed by atoms with E-state index in [1.54, 1.807) is 0 Å². The molecule has 0 aromatic heterocycles. The molecule has 2 aliphatic heterocycles. The van der Waals surface area contributed by atoms with Crippen LogP contribution in [0, 0.1) is 0 Å². The van der Waals surface area contributed by atoms with Crippen LogP contribution in [-0.4, -0.2) is 40.7 Å². The molecule has 2 atom stereocenters. The zero-order valence-corrected chi connectivity index (χ0v) is 15.9. The molecule has 1 aliphatic carbocycles. The zero-order valence-electron chi connectivity index (χ0n) is 15.9. The van der Waals surface area contributed by atoms with E-state index in [-0.39, 0.29) is 11.8 Å². The van der Waals surface area contributed by atoms with Gasteiger partial charge in [-0.25, -0.2) is 0 Å². The number of rotatable bonds is 2. The third kappa shape index (κ3) is 2.45. The molecule has 0 fully saturated rings. The van der Waals surface area contributed by atoms with Crippen LogP contribution >= 0.6 is 0 Å². The lowest BCUT2D eigenvalue weighted by Gasteiger charge is -2.30. The first-order valence-electron chi connectivity index (χ1n) is 9.87. The molecule has 0 amide bonds. The minimum absolute atomic E-state index is 0.0704. The third-order valence-electron chi connectivity index (χ3n) is 5.67. The summed E-state index contributed by atoms with van der Waals surface area (Å²) in [4.78, 5) is 23.0. The van der Waals surface area contributed by atoms with Crippen molar-refractivity contribution in [2.45, 2.75) is 12.1 Å². The molecular formula is C25H16N4O. The van der Waals surface area contributed by atoms with E-state index >= 15 is 0 Å². The highest BCUT2D eigenvalue weighted by molar-refractivity contribution is 6.78. The number of aliphatic imine (C=N–C) groups is 2. The summed E-state index contributed by atoms with van der Waals surface area (Å²) in [6.07, 6.45) is 0. The van der Waals surface area contributed by atoms with Gasteiger partial charge in [-0.15, -0.1) is 0 Å². The van der Waals surface area contributed by atoms with Crippen LogP contribution in [0.2, 0.25) is 0 Å². The number of fused-ring (bicyclic) bond motifs is 4. The van der Waals surface area contributed by atoms with Crippen molar-refractivity contribution < 1.29 is 4.79 Å². The van der Waals surface area contributed by atoms with Gasteiger partial charge in [-0.3, -0.25) is 14.8 Å². The Morgan fingerprint density at radius 2 is 1.00 bits per heavy atom. The number of nitrogens with zero attached hydrogens (tertiary/aromatic N) is 4. The van der Waals surface area contributed by atoms with Crippen molar-refractivity contribution >= 4 is 28.6 Å². The van der Waals surface area contributed by atoms with E-state index < -0.39 is 6.04 Å². The molecule has 6 rings (SSSR count). The van der Waals surface area contributed by atoms with Gasteiger partial charge in [0.05, 0.1) is 17.1 Å². The Morgan fingerprint density at radius 1 is 0.533 bits per heavy atom. The van der Waals surface area contributed by atoms with Gasteiger partial charge in [-0.05, 0) is 0 Å². The first-order chi connectivity index (χ1) is 14.8. The molecule has 142 valence electrons. The van der Waals surface area contributed by atoms with Gasteiger partial charge < -0.3 is 0 Å². The van der Waals surface area contributed by atoms with Gasteiger partial charge in [0.15, 0.2) is 0 Å². The zero-order chi connectivity index (χ0) is 20.1. The molecule has 0 saturated heterocycles. The van der Waals surface area contributed by atoms with Crippen molar-refractivity contribution in [3.8, 4) is 0 Å². The van der Waals surface area contributed by atoms with E-state index in [0.29, 0.717) is 17.0 Å². The van der Waals surface area contributed by atoms with E-state index in [0.717, 1.165) is 28.1 Å². The molecule has 0 saturated carbocycles. The highest BCUT2D eigenvalue weighted by atomic mass is 16.1. The number of carbonyl (C=O) groups is 1. The predicted molar refractivity (Wildman–Crippen MR) is 118 cm³/mol. The molecule has 0 unspecified atom stereocenters. The quantitative estimate of drug-likeness (QED) is 0.659. The Bertz CT molecular complexity index is 1300. The fraction of sp³-hybridized carbons (Fsp3) is 0.0800. The highest BCUT2D eigenvalue weighted by Crippen LogP contribution is 2.31. The van der Waals surface area contributed by atoms with E-state index in [1.807, 2.05) is 84.9 Å². The molecule has 3 aromatic carbocycles. The second kappa shape index (κ2) is 6.52. The van der Waals surface area contributed by atoms with Crippen LogP contribution in [0.1, 0.15) is 27.0 Å². The van der Waals surface area contributed by atoms with Crippen molar-refractivity contribution in [3.05, 3.63) is 107 Å². The number of hydrogen-bond acceptors (Lipinski definition) is 5. The molecule has 3 aromatic rings. The first kappa shape index (κ1) is 16.9. The van der Waals surface area contributed by atoms with Crippen LogP contribution in [0.5, 0.6) is 0 Å². The van der Waals surface area contributed by atoms with Crippen molar-refractivity contribution in [3.63, 3.8) is 0 Å². The number of Topliss-reactive ketones (excluding diaryl/α,β-unsaturated/α-hetero) is 1. The molecule has 2 heterocycles. The van der Waals surface area contributed by atoms with Gasteiger partial charge in [0.2, 0.25) is 5.78 Å². The molecule has 3 aliphatic rings. The predicted octanol–water partition coefficient (Wildman–Crippen LogP) is 3.77. The second-order valence-corrected chi connectivity index (χ2v) is 7.42. The standard InChI is InChI=1S/C25H16N4O/c30-25-18-14-8-7-13-17(18)21-24(25)27-23-20(16-11-5-2-6-12-16)29-28-19(22(23)26-21)15-9-3-1-4-10-15/h1-14,22-23H/t22-,23+/m1/s1. The van der Waals surface area contributed by atoms with Crippen molar-refractivity contribution in [1.29, 1.82) is 0 Å². The third-order valence-corrected chi connectivity index (χ3v) is 5.67. The van der Waals surface area contributed by atoms with Gasteiger partial charge in [-0.1, -0.05) is 84.9 Å². The van der Waals surface area contributed by atoms with Gasteiger partial charge in [0, 0.05) is 22.3 Å². The van der Waals surface area contributed by atoms with Crippen LogP contribution in [-0.2, 0) is 0 Å². The van der Waals surface area contributed by atoms with E-state index in [4.69, 9.17) is 9.98 Å².